The van der Waals surface area contributed by atoms with Crippen molar-refractivity contribution in [3.8, 4) is 11.5 Å². The lowest BCUT2D eigenvalue weighted by Crippen LogP contribution is -2.39. The van der Waals surface area contributed by atoms with Crippen molar-refractivity contribution >= 4 is 35.3 Å². The standard InChI is InChI=1S/C29H29Cl2F2NO7/c1-2-39-27(28(35)36)15-19-3-6-24(7-4-19)40-12-10-34(29(37)41-26-8-5-23(32)17-25(26)33)9-11-38-18-20-13-21(30)16-22(31)14-20/h3-8,13-14,16-17,27H,2,9-12,15,18H2,1H3,(H,35,36). The second-order valence-corrected chi connectivity index (χ2v) is 9.61. The van der Waals surface area contributed by atoms with Crippen molar-refractivity contribution < 1.29 is 42.4 Å². The monoisotopic (exact) mass is 611 g/mol. The molecule has 0 saturated carbocycles. The van der Waals surface area contributed by atoms with E-state index in [2.05, 4.69) is 0 Å². The Morgan fingerprint density at radius 3 is 2.24 bits per heavy atom. The van der Waals surface area contributed by atoms with Crippen LogP contribution >= 0.6 is 23.2 Å². The first kappa shape index (κ1) is 32.1. The molecule has 3 aromatic carbocycles. The summed E-state index contributed by atoms with van der Waals surface area (Å²) in [6.07, 6.45) is -1.63. The molecule has 0 aliphatic carbocycles. The smallest absolute Gasteiger partial charge is 0.415 e. The summed E-state index contributed by atoms with van der Waals surface area (Å²) in [5.74, 6) is -2.79. The normalized spacial score (nSPS) is 11.6. The van der Waals surface area contributed by atoms with Crippen LogP contribution in [0, 0.1) is 11.6 Å². The van der Waals surface area contributed by atoms with Crippen LogP contribution in [-0.4, -0.2) is 61.1 Å². The van der Waals surface area contributed by atoms with Crippen molar-refractivity contribution in [2.24, 2.45) is 0 Å². The van der Waals surface area contributed by atoms with E-state index in [-0.39, 0.29) is 45.9 Å². The third-order valence-electron chi connectivity index (χ3n) is 5.66. The molecule has 0 spiro atoms. The first-order valence-corrected chi connectivity index (χ1v) is 13.4. The van der Waals surface area contributed by atoms with Crippen molar-refractivity contribution in [1.82, 2.24) is 4.90 Å². The van der Waals surface area contributed by atoms with Gasteiger partial charge in [0.15, 0.2) is 17.7 Å². The van der Waals surface area contributed by atoms with Crippen molar-refractivity contribution in [3.05, 3.63) is 93.5 Å². The molecule has 220 valence electrons. The zero-order valence-electron chi connectivity index (χ0n) is 22.2. The fourth-order valence-electron chi connectivity index (χ4n) is 3.70. The van der Waals surface area contributed by atoms with Crippen LogP contribution in [0.15, 0.2) is 60.7 Å². The van der Waals surface area contributed by atoms with E-state index < -0.39 is 35.6 Å². The number of amides is 1. The Bertz CT molecular complexity index is 1290. The zero-order valence-corrected chi connectivity index (χ0v) is 23.7. The molecule has 0 heterocycles. The summed E-state index contributed by atoms with van der Waals surface area (Å²) in [5.41, 5.74) is 1.50. The number of carbonyl (C=O) groups is 2. The van der Waals surface area contributed by atoms with Crippen LogP contribution in [0.5, 0.6) is 11.5 Å². The Morgan fingerprint density at radius 2 is 1.61 bits per heavy atom. The van der Waals surface area contributed by atoms with Gasteiger partial charge in [-0.25, -0.2) is 18.4 Å². The van der Waals surface area contributed by atoms with E-state index in [1.807, 2.05) is 0 Å². The van der Waals surface area contributed by atoms with Crippen molar-refractivity contribution in [2.75, 3.05) is 32.9 Å². The molecule has 1 atom stereocenters. The van der Waals surface area contributed by atoms with Crippen molar-refractivity contribution in [3.63, 3.8) is 0 Å². The Morgan fingerprint density at radius 1 is 0.927 bits per heavy atom. The number of aliphatic carboxylic acids is 1. The number of carboxylic acid groups (broad SMARTS) is 1. The highest BCUT2D eigenvalue weighted by atomic mass is 35.5. The van der Waals surface area contributed by atoms with Crippen LogP contribution in [0.25, 0.3) is 0 Å². The van der Waals surface area contributed by atoms with Crippen LogP contribution in [0.1, 0.15) is 18.1 Å². The van der Waals surface area contributed by atoms with E-state index in [1.54, 1.807) is 49.4 Å². The van der Waals surface area contributed by atoms with Gasteiger partial charge in [0.25, 0.3) is 0 Å². The maximum Gasteiger partial charge on any atom is 0.415 e. The SMILES string of the molecule is CCOC(Cc1ccc(OCCN(CCOCc2cc(Cl)cc(Cl)c2)C(=O)Oc2ccc(F)cc2F)cc1)C(=O)O. The highest BCUT2D eigenvalue weighted by Crippen LogP contribution is 2.21. The summed E-state index contributed by atoms with van der Waals surface area (Å²) >= 11 is 12.0. The Hall–Kier alpha value is -3.44. The van der Waals surface area contributed by atoms with Crippen LogP contribution in [0.4, 0.5) is 13.6 Å². The number of benzene rings is 3. The molecule has 0 aliphatic heterocycles. The molecular weight excluding hydrogens is 583 g/mol. The molecule has 0 aliphatic rings. The number of rotatable bonds is 15. The van der Waals surface area contributed by atoms with Crippen LogP contribution in [0.2, 0.25) is 10.0 Å². The summed E-state index contributed by atoms with van der Waals surface area (Å²) in [6, 6.07) is 14.4. The van der Waals surface area contributed by atoms with Gasteiger partial charge in [0.05, 0.1) is 19.8 Å². The summed E-state index contributed by atoms with van der Waals surface area (Å²) in [5, 5.41) is 10.2. The number of nitrogens with zero attached hydrogens (tertiary/aromatic N) is 1. The topological polar surface area (TPSA) is 94.5 Å². The van der Waals surface area contributed by atoms with Crippen LogP contribution in [-0.2, 0) is 27.3 Å². The van der Waals surface area contributed by atoms with E-state index in [4.69, 9.17) is 42.1 Å². The third-order valence-corrected chi connectivity index (χ3v) is 6.10. The molecule has 41 heavy (non-hydrogen) atoms. The van der Waals surface area contributed by atoms with Gasteiger partial charge >= 0.3 is 12.1 Å². The molecule has 8 nitrogen and oxygen atoms in total. The lowest BCUT2D eigenvalue weighted by Gasteiger charge is -2.22. The van der Waals surface area contributed by atoms with E-state index in [0.29, 0.717) is 21.9 Å². The molecule has 0 aromatic heterocycles. The lowest BCUT2D eigenvalue weighted by atomic mass is 10.1. The van der Waals surface area contributed by atoms with Crippen LogP contribution in [0.3, 0.4) is 0 Å². The van der Waals surface area contributed by atoms with Gasteiger partial charge in [-0.05, 0) is 60.5 Å². The molecule has 3 rings (SSSR count). The first-order valence-electron chi connectivity index (χ1n) is 12.6. The number of carboxylic acids is 1. The Labute approximate surface area is 246 Å². The summed E-state index contributed by atoms with van der Waals surface area (Å²) < 4.78 is 49.1. The van der Waals surface area contributed by atoms with E-state index in [0.717, 1.165) is 23.3 Å². The molecule has 0 radical (unpaired) electrons. The average Bonchev–Trinajstić information content (AvgIpc) is 2.91. The number of hydrogen-bond acceptors (Lipinski definition) is 6. The van der Waals surface area contributed by atoms with Gasteiger partial charge in [0.2, 0.25) is 0 Å². The predicted octanol–water partition coefficient (Wildman–Crippen LogP) is 6.40. The molecular formula is C29H29Cl2F2NO7. The molecule has 1 N–H and O–H groups in total. The van der Waals surface area contributed by atoms with Crippen molar-refractivity contribution in [2.45, 2.75) is 26.1 Å². The fraction of sp³-hybridized carbons (Fsp3) is 0.310. The number of carbonyl (C=O) groups excluding carboxylic acids is 1. The van der Waals surface area contributed by atoms with E-state index in [1.165, 1.54) is 4.90 Å². The van der Waals surface area contributed by atoms with Gasteiger partial charge in [-0.1, -0.05) is 35.3 Å². The second-order valence-electron chi connectivity index (χ2n) is 8.74. The maximum absolute atomic E-state index is 14.1. The minimum Gasteiger partial charge on any atom is -0.492 e. The molecule has 0 fully saturated rings. The minimum absolute atomic E-state index is 0.0565. The van der Waals surface area contributed by atoms with E-state index in [9.17, 15) is 23.5 Å². The maximum atomic E-state index is 14.1. The van der Waals surface area contributed by atoms with Gasteiger partial charge in [-0.3, -0.25) is 0 Å². The van der Waals surface area contributed by atoms with Gasteiger partial charge in [0.1, 0.15) is 18.2 Å². The highest BCUT2D eigenvalue weighted by Gasteiger charge is 2.20. The van der Waals surface area contributed by atoms with Gasteiger partial charge < -0.3 is 29.0 Å². The number of ether oxygens (including phenoxy) is 4. The van der Waals surface area contributed by atoms with Crippen LogP contribution < -0.4 is 9.47 Å². The number of hydrogen-bond donors (Lipinski definition) is 1. The molecule has 1 unspecified atom stereocenters. The molecule has 3 aromatic rings. The Balaban J connectivity index is 1.58. The third kappa shape index (κ3) is 10.8. The predicted molar refractivity (Wildman–Crippen MR) is 149 cm³/mol. The second kappa shape index (κ2) is 16.1. The first-order chi connectivity index (χ1) is 19.6. The Kier molecular flexibility index (Phi) is 12.6. The zero-order chi connectivity index (χ0) is 29.8. The van der Waals surface area contributed by atoms with E-state index >= 15 is 0 Å². The van der Waals surface area contributed by atoms with Gasteiger partial charge in [-0.15, -0.1) is 0 Å². The van der Waals surface area contributed by atoms with Gasteiger partial charge in [-0.2, -0.15) is 0 Å². The minimum atomic E-state index is -1.04. The summed E-state index contributed by atoms with van der Waals surface area (Å²) in [6.45, 7) is 2.48. The number of halogens is 4. The molecule has 1 amide bonds. The molecule has 12 heteroatoms. The highest BCUT2D eigenvalue weighted by molar-refractivity contribution is 6.34. The fourth-order valence-corrected chi connectivity index (χ4v) is 4.27. The average molecular weight is 612 g/mol. The summed E-state index contributed by atoms with van der Waals surface area (Å²) in [4.78, 5) is 25.4. The molecule has 0 saturated heterocycles. The van der Waals surface area contributed by atoms with Crippen molar-refractivity contribution in [1.29, 1.82) is 0 Å². The molecule has 0 bridgehead atoms. The lowest BCUT2D eigenvalue weighted by molar-refractivity contribution is -0.149. The quantitative estimate of drug-likeness (QED) is 0.199. The summed E-state index contributed by atoms with van der Waals surface area (Å²) in [7, 11) is 0. The largest absolute Gasteiger partial charge is 0.492 e. The van der Waals surface area contributed by atoms with Gasteiger partial charge in [0, 0.05) is 35.7 Å².